The van der Waals surface area contributed by atoms with E-state index in [0.29, 0.717) is 0 Å². The molecule has 0 unspecified atom stereocenters. The zero-order chi connectivity index (χ0) is 14.1. The highest BCUT2D eigenvalue weighted by Crippen LogP contribution is 2.37. The first-order valence-corrected chi connectivity index (χ1v) is 8.25. The molecule has 1 saturated carbocycles. The molecule has 0 heterocycles. The fourth-order valence-corrected chi connectivity index (χ4v) is 3.51. The van der Waals surface area contributed by atoms with Crippen LogP contribution in [-0.4, -0.2) is 43.3 Å². The second-order valence-corrected chi connectivity index (χ2v) is 5.91. The average Bonchev–Trinajstić information content (AvgIpc) is 2.47. The van der Waals surface area contributed by atoms with Gasteiger partial charge in [-0.15, -0.1) is 0 Å². The van der Waals surface area contributed by atoms with Crippen molar-refractivity contribution in [1.82, 2.24) is 4.90 Å². The van der Waals surface area contributed by atoms with Gasteiger partial charge in [-0.25, -0.2) is 0 Å². The van der Waals surface area contributed by atoms with Crippen molar-refractivity contribution < 1.29 is 4.74 Å². The Morgan fingerprint density at radius 3 is 2.37 bits per heavy atom. The van der Waals surface area contributed by atoms with Crippen LogP contribution >= 0.6 is 0 Å². The largest absolute Gasteiger partial charge is 0.382 e. The molecular weight excluding hydrogens is 236 g/mol. The van der Waals surface area contributed by atoms with Crippen LogP contribution in [0.3, 0.4) is 0 Å². The van der Waals surface area contributed by atoms with Crippen molar-refractivity contribution >= 4 is 0 Å². The van der Waals surface area contributed by atoms with E-state index in [1.54, 1.807) is 0 Å². The Morgan fingerprint density at radius 2 is 1.89 bits per heavy atom. The predicted octanol–water partition coefficient (Wildman–Crippen LogP) is 3.03. The Balaban J connectivity index is 2.50. The maximum atomic E-state index is 6.16. The fraction of sp³-hybridized carbons (Fsp3) is 1.00. The van der Waals surface area contributed by atoms with Crippen molar-refractivity contribution in [2.24, 2.45) is 11.7 Å². The minimum Gasteiger partial charge on any atom is -0.382 e. The molecule has 0 aromatic carbocycles. The standard InChI is InChI=1S/C16H34N2O/c1-4-15-8-10-16(14-17,11-9-15)18(5-2)12-7-13-19-6-3/h15H,4-14,17H2,1-3H3. The van der Waals surface area contributed by atoms with Crippen LogP contribution in [0.25, 0.3) is 0 Å². The van der Waals surface area contributed by atoms with E-state index in [0.717, 1.165) is 45.2 Å². The summed E-state index contributed by atoms with van der Waals surface area (Å²) in [5.41, 5.74) is 6.43. The second kappa shape index (κ2) is 8.93. The van der Waals surface area contributed by atoms with Gasteiger partial charge >= 0.3 is 0 Å². The van der Waals surface area contributed by atoms with Crippen molar-refractivity contribution in [2.45, 2.75) is 64.8 Å². The first-order valence-electron chi connectivity index (χ1n) is 8.25. The summed E-state index contributed by atoms with van der Waals surface area (Å²) in [5, 5.41) is 0. The normalized spacial score (nSPS) is 27.9. The molecule has 0 amide bonds. The van der Waals surface area contributed by atoms with E-state index in [9.17, 15) is 0 Å². The maximum Gasteiger partial charge on any atom is 0.0478 e. The van der Waals surface area contributed by atoms with Crippen molar-refractivity contribution in [2.75, 3.05) is 32.8 Å². The van der Waals surface area contributed by atoms with Crippen LogP contribution < -0.4 is 5.73 Å². The van der Waals surface area contributed by atoms with Crippen molar-refractivity contribution in [3.05, 3.63) is 0 Å². The Labute approximate surface area is 119 Å². The van der Waals surface area contributed by atoms with Crippen LogP contribution in [0, 0.1) is 5.92 Å². The van der Waals surface area contributed by atoms with Crippen LogP contribution in [-0.2, 0) is 4.74 Å². The smallest absolute Gasteiger partial charge is 0.0478 e. The summed E-state index contributed by atoms with van der Waals surface area (Å²) >= 11 is 0. The van der Waals surface area contributed by atoms with E-state index in [4.69, 9.17) is 10.5 Å². The third-order valence-corrected chi connectivity index (χ3v) is 4.97. The van der Waals surface area contributed by atoms with E-state index >= 15 is 0 Å². The molecule has 2 N–H and O–H groups in total. The fourth-order valence-electron chi connectivity index (χ4n) is 3.51. The van der Waals surface area contributed by atoms with Gasteiger partial charge in [-0.1, -0.05) is 20.3 Å². The highest BCUT2D eigenvalue weighted by molar-refractivity contribution is 4.95. The molecule has 0 radical (unpaired) electrons. The molecule has 1 aliphatic rings. The van der Waals surface area contributed by atoms with Crippen LogP contribution in [0.4, 0.5) is 0 Å². The molecule has 114 valence electrons. The summed E-state index contributed by atoms with van der Waals surface area (Å²) in [6.45, 7) is 11.4. The molecule has 0 aliphatic heterocycles. The number of nitrogens with zero attached hydrogens (tertiary/aromatic N) is 1. The zero-order valence-corrected chi connectivity index (χ0v) is 13.3. The Bertz CT molecular complexity index is 225. The Morgan fingerprint density at radius 1 is 1.21 bits per heavy atom. The van der Waals surface area contributed by atoms with Crippen LogP contribution in [0.5, 0.6) is 0 Å². The zero-order valence-electron chi connectivity index (χ0n) is 13.3. The van der Waals surface area contributed by atoms with Crippen LogP contribution in [0.2, 0.25) is 0 Å². The molecule has 0 atom stereocenters. The number of nitrogens with two attached hydrogens (primary N) is 1. The minimum atomic E-state index is 0.270. The molecule has 1 fully saturated rings. The lowest BCUT2D eigenvalue weighted by molar-refractivity contribution is 0.0361. The summed E-state index contributed by atoms with van der Waals surface area (Å²) < 4.78 is 5.46. The number of ether oxygens (including phenoxy) is 1. The van der Waals surface area contributed by atoms with E-state index in [-0.39, 0.29) is 5.54 Å². The lowest BCUT2D eigenvalue weighted by Gasteiger charge is -2.47. The van der Waals surface area contributed by atoms with Crippen LogP contribution in [0.15, 0.2) is 0 Å². The first-order chi connectivity index (χ1) is 9.22. The second-order valence-electron chi connectivity index (χ2n) is 5.91. The number of likely N-dealkylation sites (N-methyl/N-ethyl adjacent to an activating group) is 1. The minimum absolute atomic E-state index is 0.270. The molecule has 0 saturated heterocycles. The molecule has 0 bridgehead atoms. The number of hydrogen-bond donors (Lipinski definition) is 1. The summed E-state index contributed by atoms with van der Waals surface area (Å²) in [5.74, 6) is 0.932. The Hall–Kier alpha value is -0.120. The van der Waals surface area contributed by atoms with E-state index in [1.807, 2.05) is 0 Å². The van der Waals surface area contributed by atoms with Gasteiger partial charge in [-0.05, 0) is 51.5 Å². The topological polar surface area (TPSA) is 38.5 Å². The summed E-state index contributed by atoms with van der Waals surface area (Å²) in [6, 6.07) is 0. The highest BCUT2D eigenvalue weighted by atomic mass is 16.5. The molecule has 1 aliphatic carbocycles. The van der Waals surface area contributed by atoms with Gasteiger partial charge < -0.3 is 10.5 Å². The molecule has 1 rings (SSSR count). The summed E-state index contributed by atoms with van der Waals surface area (Å²) in [4.78, 5) is 2.62. The van der Waals surface area contributed by atoms with Crippen molar-refractivity contribution in [3.63, 3.8) is 0 Å². The third-order valence-electron chi connectivity index (χ3n) is 4.97. The van der Waals surface area contributed by atoms with Crippen molar-refractivity contribution in [1.29, 1.82) is 0 Å². The molecule has 0 spiro atoms. The van der Waals surface area contributed by atoms with Gasteiger partial charge in [0.05, 0.1) is 0 Å². The monoisotopic (exact) mass is 270 g/mol. The Kier molecular flexibility index (Phi) is 7.96. The van der Waals surface area contributed by atoms with Gasteiger partial charge in [0.2, 0.25) is 0 Å². The van der Waals surface area contributed by atoms with E-state index in [2.05, 4.69) is 25.7 Å². The molecule has 3 heteroatoms. The van der Waals surface area contributed by atoms with E-state index < -0.39 is 0 Å². The molecule has 19 heavy (non-hydrogen) atoms. The first kappa shape index (κ1) is 16.9. The van der Waals surface area contributed by atoms with Crippen molar-refractivity contribution in [3.8, 4) is 0 Å². The molecule has 0 aromatic rings. The van der Waals surface area contributed by atoms with Gasteiger partial charge in [0, 0.05) is 31.8 Å². The summed E-state index contributed by atoms with van der Waals surface area (Å²) in [7, 11) is 0. The lowest BCUT2D eigenvalue weighted by atomic mass is 9.74. The highest BCUT2D eigenvalue weighted by Gasteiger charge is 2.37. The van der Waals surface area contributed by atoms with Gasteiger partial charge in [0.25, 0.3) is 0 Å². The number of rotatable bonds is 9. The van der Waals surface area contributed by atoms with Gasteiger partial charge in [-0.3, -0.25) is 4.90 Å². The molecule has 0 aromatic heterocycles. The molecule has 3 nitrogen and oxygen atoms in total. The van der Waals surface area contributed by atoms with Gasteiger partial charge in [0.15, 0.2) is 0 Å². The average molecular weight is 270 g/mol. The number of hydrogen-bond acceptors (Lipinski definition) is 3. The lowest BCUT2D eigenvalue weighted by Crippen LogP contribution is -2.56. The van der Waals surface area contributed by atoms with E-state index in [1.165, 1.54) is 32.1 Å². The third kappa shape index (κ3) is 4.73. The van der Waals surface area contributed by atoms with Crippen LogP contribution in [0.1, 0.15) is 59.3 Å². The predicted molar refractivity (Wildman–Crippen MR) is 82.4 cm³/mol. The van der Waals surface area contributed by atoms with Gasteiger partial charge in [0.1, 0.15) is 0 Å². The summed E-state index contributed by atoms with van der Waals surface area (Å²) in [6.07, 6.45) is 7.73. The quantitative estimate of drug-likeness (QED) is 0.655. The SMILES string of the molecule is CCOCCCN(CC)C1(CN)CCC(CC)CC1. The maximum absolute atomic E-state index is 6.16. The molecular formula is C16H34N2O. The van der Waals surface area contributed by atoms with Gasteiger partial charge in [-0.2, -0.15) is 0 Å².